The Kier molecular flexibility index (Phi) is 9.85. The van der Waals surface area contributed by atoms with Crippen molar-refractivity contribution in [3.63, 3.8) is 0 Å². The van der Waals surface area contributed by atoms with Crippen LogP contribution in [0.15, 0.2) is 24.3 Å². The topological polar surface area (TPSA) is 113 Å². The first kappa shape index (κ1) is 23.0. The van der Waals surface area contributed by atoms with E-state index in [2.05, 4.69) is 5.32 Å². The molecule has 9 heteroatoms. The van der Waals surface area contributed by atoms with Crippen LogP contribution in [0.3, 0.4) is 0 Å². The van der Waals surface area contributed by atoms with E-state index < -0.39 is 17.6 Å². The first-order chi connectivity index (χ1) is 12.8. The Morgan fingerprint density at radius 2 is 2.04 bits per heavy atom. The van der Waals surface area contributed by atoms with E-state index in [1.165, 1.54) is 12.1 Å². The average Bonchev–Trinajstić information content (AvgIpc) is 2.64. The standard InChI is InChI=1S/C18H23Cl2N3O4/c1-2-3-4-13(10-23(27)11-24)18(26)22-9-14(25)8-17(21)12-5-6-15(19)16(20)7-12/h5-8,11,13,27H,2-4,9-10,21H2,1H3,(H,22,26)/b17-8-. The van der Waals surface area contributed by atoms with Crippen LogP contribution in [0.25, 0.3) is 5.70 Å². The summed E-state index contributed by atoms with van der Waals surface area (Å²) >= 11 is 11.8. The van der Waals surface area contributed by atoms with Gasteiger partial charge in [-0.15, -0.1) is 0 Å². The molecule has 0 radical (unpaired) electrons. The van der Waals surface area contributed by atoms with Crippen molar-refractivity contribution < 1.29 is 19.6 Å². The number of hydroxylamine groups is 2. The molecule has 148 valence electrons. The van der Waals surface area contributed by atoms with E-state index in [1.54, 1.807) is 12.1 Å². The van der Waals surface area contributed by atoms with Gasteiger partial charge in [0.2, 0.25) is 12.3 Å². The van der Waals surface area contributed by atoms with E-state index in [0.717, 1.165) is 12.8 Å². The maximum absolute atomic E-state index is 12.2. The number of carbonyl (C=O) groups excluding carboxylic acids is 3. The molecule has 1 atom stereocenters. The highest BCUT2D eigenvalue weighted by atomic mass is 35.5. The summed E-state index contributed by atoms with van der Waals surface area (Å²) in [5, 5.41) is 12.9. The van der Waals surface area contributed by atoms with Crippen molar-refractivity contribution in [1.82, 2.24) is 10.4 Å². The zero-order valence-electron chi connectivity index (χ0n) is 15.0. The smallest absolute Gasteiger partial charge is 0.233 e. The third kappa shape index (κ3) is 7.99. The van der Waals surface area contributed by atoms with Crippen LogP contribution in [-0.2, 0) is 14.4 Å². The molecule has 1 unspecified atom stereocenters. The molecule has 1 aromatic rings. The summed E-state index contributed by atoms with van der Waals surface area (Å²) in [4.78, 5) is 34.8. The Morgan fingerprint density at radius 1 is 1.33 bits per heavy atom. The van der Waals surface area contributed by atoms with Crippen molar-refractivity contribution in [2.45, 2.75) is 26.2 Å². The van der Waals surface area contributed by atoms with Crippen LogP contribution in [0.1, 0.15) is 31.7 Å². The van der Waals surface area contributed by atoms with Crippen LogP contribution in [-0.4, -0.2) is 41.5 Å². The van der Waals surface area contributed by atoms with E-state index in [-0.39, 0.29) is 25.2 Å². The quantitative estimate of drug-likeness (QED) is 0.222. The molecule has 0 saturated carbocycles. The second-order valence-corrected chi connectivity index (χ2v) is 6.79. The Morgan fingerprint density at radius 3 is 2.63 bits per heavy atom. The first-order valence-corrected chi connectivity index (χ1v) is 9.18. The highest BCUT2D eigenvalue weighted by Gasteiger charge is 2.20. The van der Waals surface area contributed by atoms with Gasteiger partial charge < -0.3 is 11.1 Å². The fourth-order valence-electron chi connectivity index (χ4n) is 2.33. The number of nitrogens with two attached hydrogens (primary N) is 1. The summed E-state index contributed by atoms with van der Waals surface area (Å²) in [5.74, 6) is -1.43. The summed E-state index contributed by atoms with van der Waals surface area (Å²) in [6.45, 7) is 1.58. The zero-order chi connectivity index (χ0) is 20.4. The van der Waals surface area contributed by atoms with E-state index in [9.17, 15) is 19.6 Å². The van der Waals surface area contributed by atoms with E-state index in [0.29, 0.717) is 27.1 Å². The van der Waals surface area contributed by atoms with Crippen LogP contribution < -0.4 is 11.1 Å². The van der Waals surface area contributed by atoms with Crippen molar-refractivity contribution in [2.75, 3.05) is 13.1 Å². The number of benzene rings is 1. The largest absolute Gasteiger partial charge is 0.398 e. The van der Waals surface area contributed by atoms with E-state index >= 15 is 0 Å². The summed E-state index contributed by atoms with van der Waals surface area (Å²) in [6.07, 6.45) is 3.53. The zero-order valence-corrected chi connectivity index (χ0v) is 16.5. The van der Waals surface area contributed by atoms with Crippen LogP contribution in [0.2, 0.25) is 10.0 Å². The summed E-state index contributed by atoms with van der Waals surface area (Å²) < 4.78 is 0. The first-order valence-electron chi connectivity index (χ1n) is 8.42. The van der Waals surface area contributed by atoms with Gasteiger partial charge in [-0.2, -0.15) is 0 Å². The summed E-state index contributed by atoms with van der Waals surface area (Å²) in [6, 6.07) is 4.73. The molecule has 0 aliphatic heterocycles. The van der Waals surface area contributed by atoms with Gasteiger partial charge in [0.1, 0.15) is 0 Å². The molecule has 7 nitrogen and oxygen atoms in total. The lowest BCUT2D eigenvalue weighted by Gasteiger charge is -2.19. The molecule has 0 heterocycles. The Hall–Kier alpha value is -2.09. The van der Waals surface area contributed by atoms with E-state index in [1.807, 2.05) is 6.92 Å². The van der Waals surface area contributed by atoms with Crippen molar-refractivity contribution in [1.29, 1.82) is 0 Å². The molecule has 0 bridgehead atoms. The number of hydrogen-bond acceptors (Lipinski definition) is 5. The maximum atomic E-state index is 12.2. The predicted molar refractivity (Wildman–Crippen MR) is 104 cm³/mol. The molecule has 1 rings (SSSR count). The molecule has 1 aromatic carbocycles. The minimum atomic E-state index is -0.607. The van der Waals surface area contributed by atoms with Gasteiger partial charge in [0.15, 0.2) is 5.78 Å². The van der Waals surface area contributed by atoms with Gasteiger partial charge in [0.25, 0.3) is 0 Å². The Bertz CT molecular complexity index is 710. The molecule has 27 heavy (non-hydrogen) atoms. The average molecular weight is 416 g/mol. The van der Waals surface area contributed by atoms with Crippen molar-refractivity contribution in [3.8, 4) is 0 Å². The highest BCUT2D eigenvalue weighted by Crippen LogP contribution is 2.24. The Labute approximate surface area is 168 Å². The molecule has 0 spiro atoms. The van der Waals surface area contributed by atoms with Gasteiger partial charge in [0.05, 0.1) is 29.1 Å². The van der Waals surface area contributed by atoms with Gasteiger partial charge in [-0.05, 0) is 24.1 Å². The number of amides is 2. The molecule has 0 fully saturated rings. The number of nitrogens with zero attached hydrogens (tertiary/aromatic N) is 1. The summed E-state index contributed by atoms with van der Waals surface area (Å²) in [7, 11) is 0. The van der Waals surface area contributed by atoms with Crippen LogP contribution in [0.4, 0.5) is 0 Å². The van der Waals surface area contributed by atoms with Crippen molar-refractivity contribution in [3.05, 3.63) is 39.9 Å². The maximum Gasteiger partial charge on any atom is 0.233 e. The number of nitrogens with one attached hydrogen (secondary N) is 1. The van der Waals surface area contributed by atoms with Gasteiger partial charge >= 0.3 is 0 Å². The minimum Gasteiger partial charge on any atom is -0.398 e. The molecule has 0 aromatic heterocycles. The van der Waals surface area contributed by atoms with Gasteiger partial charge in [-0.25, -0.2) is 5.06 Å². The predicted octanol–water partition coefficient (Wildman–Crippen LogP) is 2.63. The summed E-state index contributed by atoms with van der Waals surface area (Å²) in [5.41, 5.74) is 6.60. The lowest BCUT2D eigenvalue weighted by molar-refractivity contribution is -0.154. The number of hydrogen-bond donors (Lipinski definition) is 3. The fourth-order valence-corrected chi connectivity index (χ4v) is 2.62. The van der Waals surface area contributed by atoms with Gasteiger partial charge in [-0.1, -0.05) is 49.0 Å². The fraction of sp³-hybridized carbons (Fsp3) is 0.389. The van der Waals surface area contributed by atoms with Gasteiger partial charge in [-0.3, -0.25) is 19.6 Å². The normalized spacial score (nSPS) is 12.4. The third-order valence-electron chi connectivity index (χ3n) is 3.81. The molecule has 0 aliphatic carbocycles. The van der Waals surface area contributed by atoms with Crippen LogP contribution in [0, 0.1) is 5.92 Å². The lowest BCUT2D eigenvalue weighted by Crippen LogP contribution is -2.39. The number of halogens is 2. The molecule has 4 N–H and O–H groups in total. The molecular weight excluding hydrogens is 393 g/mol. The second kappa shape index (κ2) is 11.6. The Balaban J connectivity index is 2.67. The van der Waals surface area contributed by atoms with Crippen LogP contribution in [0.5, 0.6) is 0 Å². The monoisotopic (exact) mass is 415 g/mol. The number of carbonyl (C=O) groups is 3. The van der Waals surface area contributed by atoms with Crippen LogP contribution >= 0.6 is 23.2 Å². The minimum absolute atomic E-state index is 0.134. The van der Waals surface area contributed by atoms with E-state index in [4.69, 9.17) is 28.9 Å². The van der Waals surface area contributed by atoms with Crippen molar-refractivity contribution >= 4 is 47.0 Å². The highest BCUT2D eigenvalue weighted by molar-refractivity contribution is 6.42. The second-order valence-electron chi connectivity index (χ2n) is 5.98. The number of ketones is 1. The molecular formula is C18H23Cl2N3O4. The lowest BCUT2D eigenvalue weighted by atomic mass is 10.0. The van der Waals surface area contributed by atoms with Crippen molar-refractivity contribution in [2.24, 2.45) is 11.7 Å². The SMILES string of the molecule is CCCCC(CN(O)C=O)C(=O)NCC(=O)/C=C(\N)c1ccc(Cl)c(Cl)c1. The van der Waals surface area contributed by atoms with Gasteiger partial charge in [0, 0.05) is 11.8 Å². The third-order valence-corrected chi connectivity index (χ3v) is 4.55. The molecule has 0 saturated heterocycles. The molecule has 2 amide bonds. The number of unbranched alkanes of at least 4 members (excludes halogenated alkanes) is 1. The number of rotatable bonds is 11. The molecule has 0 aliphatic rings.